The molecule has 2 aromatic heterocycles. The number of nitrogens with two attached hydrogens (primary N) is 1. The van der Waals surface area contributed by atoms with Crippen LogP contribution in [0, 0.1) is 0 Å². The average Bonchev–Trinajstić information content (AvgIpc) is 2.79. The van der Waals surface area contributed by atoms with Gasteiger partial charge in [-0.05, 0) is 17.7 Å². The number of piperazine rings is 1. The molecule has 1 atom stereocenters. The zero-order valence-electron chi connectivity index (χ0n) is 18.3. The molecular weight excluding hydrogens is 464 g/mol. The van der Waals surface area contributed by atoms with Gasteiger partial charge in [-0.15, -0.1) is 0 Å². The van der Waals surface area contributed by atoms with Gasteiger partial charge in [0.1, 0.15) is 17.5 Å². The molecule has 0 spiro atoms. The number of anilines is 4. The summed E-state index contributed by atoms with van der Waals surface area (Å²) in [6.45, 7) is 3.74. The van der Waals surface area contributed by atoms with E-state index in [1.165, 1.54) is 10.6 Å². The van der Waals surface area contributed by atoms with E-state index in [2.05, 4.69) is 32.2 Å². The van der Waals surface area contributed by atoms with E-state index < -0.39 is 10.0 Å². The Morgan fingerprint density at radius 1 is 1.09 bits per heavy atom. The number of aromatic nitrogens is 4. The minimum atomic E-state index is -3.25. The predicted molar refractivity (Wildman–Crippen MR) is 129 cm³/mol. The maximum atomic E-state index is 12.0. The van der Waals surface area contributed by atoms with E-state index in [0.29, 0.717) is 48.7 Å². The Labute approximate surface area is 197 Å². The van der Waals surface area contributed by atoms with E-state index >= 15 is 0 Å². The molecule has 1 aliphatic heterocycles. The Kier molecular flexibility index (Phi) is 6.63. The van der Waals surface area contributed by atoms with Gasteiger partial charge in [0.25, 0.3) is 0 Å². The summed E-state index contributed by atoms with van der Waals surface area (Å²) in [6, 6.07) is 7.60. The highest BCUT2D eigenvalue weighted by Gasteiger charge is 2.29. The van der Waals surface area contributed by atoms with Gasteiger partial charge in [0, 0.05) is 55.1 Å². The Balaban J connectivity index is 1.77. The summed E-state index contributed by atoms with van der Waals surface area (Å²) in [5, 5.41) is 3.87. The largest absolute Gasteiger partial charge is 0.368 e. The van der Waals surface area contributed by atoms with Crippen molar-refractivity contribution in [3.8, 4) is 0 Å². The highest BCUT2D eigenvalue weighted by molar-refractivity contribution is 7.88. The molecule has 0 bridgehead atoms. The summed E-state index contributed by atoms with van der Waals surface area (Å²) in [5.41, 5.74) is 7.94. The van der Waals surface area contributed by atoms with Gasteiger partial charge in [-0.2, -0.15) is 14.3 Å². The number of nitrogens with one attached hydrogen (secondary N) is 1. The molecule has 0 aliphatic carbocycles. The molecule has 12 heteroatoms. The molecule has 0 amide bonds. The molecule has 1 saturated heterocycles. The van der Waals surface area contributed by atoms with Crippen molar-refractivity contribution >= 4 is 45.0 Å². The molecule has 1 aromatic carbocycles. The van der Waals surface area contributed by atoms with Crippen molar-refractivity contribution in [1.82, 2.24) is 24.2 Å². The van der Waals surface area contributed by atoms with Gasteiger partial charge in [0.2, 0.25) is 16.0 Å². The van der Waals surface area contributed by atoms with Gasteiger partial charge >= 0.3 is 0 Å². The quantitative estimate of drug-likeness (QED) is 0.537. The molecule has 1 fully saturated rings. The average molecular weight is 489 g/mol. The van der Waals surface area contributed by atoms with Crippen molar-refractivity contribution in [2.45, 2.75) is 12.8 Å². The Bertz CT molecular complexity index is 1220. The van der Waals surface area contributed by atoms with Crippen LogP contribution in [0.3, 0.4) is 0 Å². The number of hydrogen-bond donors (Lipinski definition) is 2. The molecule has 0 saturated carbocycles. The predicted octanol–water partition coefficient (Wildman–Crippen LogP) is 2.48. The number of nitrogens with zero attached hydrogens (tertiary/aromatic N) is 6. The van der Waals surface area contributed by atoms with Crippen LogP contribution >= 0.6 is 11.6 Å². The van der Waals surface area contributed by atoms with E-state index in [9.17, 15) is 8.42 Å². The van der Waals surface area contributed by atoms with E-state index in [1.807, 2.05) is 29.2 Å². The fourth-order valence-corrected chi connectivity index (χ4v) is 4.80. The molecule has 3 aromatic rings. The topological polar surface area (TPSA) is 130 Å². The zero-order valence-corrected chi connectivity index (χ0v) is 19.9. The molecule has 3 N–H and O–H groups in total. The third kappa shape index (κ3) is 5.32. The highest BCUT2D eigenvalue weighted by Crippen LogP contribution is 2.38. The first-order chi connectivity index (χ1) is 15.7. The van der Waals surface area contributed by atoms with Gasteiger partial charge in [-0.25, -0.2) is 13.4 Å². The first-order valence-electron chi connectivity index (χ1n) is 10.4. The number of rotatable bonds is 6. The van der Waals surface area contributed by atoms with Crippen molar-refractivity contribution in [3.63, 3.8) is 0 Å². The smallest absolute Gasteiger partial charge is 0.223 e. The van der Waals surface area contributed by atoms with Crippen LogP contribution in [-0.4, -0.2) is 65.1 Å². The second-order valence-corrected chi connectivity index (χ2v) is 10.2. The molecule has 0 radical (unpaired) electrons. The first kappa shape index (κ1) is 23.1. The number of nitrogen functional groups attached to an aromatic ring is 1. The third-order valence-corrected chi connectivity index (χ3v) is 7.12. The molecule has 1 aliphatic rings. The molecule has 1 unspecified atom stereocenters. The zero-order chi connectivity index (χ0) is 23.6. The van der Waals surface area contributed by atoms with Crippen molar-refractivity contribution in [1.29, 1.82) is 0 Å². The van der Waals surface area contributed by atoms with Crippen LogP contribution < -0.4 is 16.0 Å². The van der Waals surface area contributed by atoms with Gasteiger partial charge in [0.05, 0.1) is 12.5 Å². The minimum absolute atomic E-state index is 0.106. The minimum Gasteiger partial charge on any atom is -0.368 e. The SMILES string of the molecule is CC(c1ccc(Cl)cc1)c1c(Nc2cnccn2)nc(N)nc1N1CCN(S(C)(=O)=O)CC1. The lowest BCUT2D eigenvalue weighted by Gasteiger charge is -2.36. The van der Waals surface area contributed by atoms with Gasteiger partial charge in [-0.1, -0.05) is 30.7 Å². The maximum absolute atomic E-state index is 12.0. The van der Waals surface area contributed by atoms with Crippen molar-refractivity contribution in [3.05, 3.63) is 59.0 Å². The van der Waals surface area contributed by atoms with Crippen molar-refractivity contribution in [2.75, 3.05) is 48.4 Å². The van der Waals surface area contributed by atoms with Crippen LogP contribution in [0.5, 0.6) is 0 Å². The Morgan fingerprint density at radius 2 is 1.79 bits per heavy atom. The molecule has 33 heavy (non-hydrogen) atoms. The molecular formula is C21H25ClN8O2S. The summed E-state index contributed by atoms with van der Waals surface area (Å²) < 4.78 is 25.4. The molecule has 10 nitrogen and oxygen atoms in total. The number of hydrogen-bond acceptors (Lipinski definition) is 9. The van der Waals surface area contributed by atoms with Crippen LogP contribution in [-0.2, 0) is 10.0 Å². The van der Waals surface area contributed by atoms with Crippen LogP contribution in [0.2, 0.25) is 5.02 Å². The van der Waals surface area contributed by atoms with Gasteiger partial charge < -0.3 is 16.0 Å². The van der Waals surface area contributed by atoms with E-state index in [4.69, 9.17) is 17.3 Å². The molecule has 3 heterocycles. The van der Waals surface area contributed by atoms with E-state index in [1.54, 1.807) is 18.6 Å². The number of sulfonamides is 1. The third-order valence-electron chi connectivity index (χ3n) is 5.56. The van der Waals surface area contributed by atoms with Crippen LogP contribution in [0.25, 0.3) is 0 Å². The van der Waals surface area contributed by atoms with Gasteiger partial charge in [-0.3, -0.25) is 4.98 Å². The number of halogens is 1. The standard InChI is InChI=1S/C21H25ClN8O2S/c1-14(15-3-5-16(22)6-4-15)18-19(26-17-13-24-7-8-25-17)27-21(23)28-20(18)29-9-11-30(12-10-29)33(2,31)32/h3-8,13-14H,9-12H2,1-2H3,(H3,23,25,26,27,28). The second-order valence-electron chi connectivity index (χ2n) is 7.81. The normalized spacial score (nSPS) is 15.9. The Morgan fingerprint density at radius 3 is 2.39 bits per heavy atom. The lowest BCUT2D eigenvalue weighted by molar-refractivity contribution is 0.386. The fraction of sp³-hybridized carbons (Fsp3) is 0.333. The summed E-state index contributed by atoms with van der Waals surface area (Å²) in [5.74, 6) is 1.68. The monoisotopic (exact) mass is 488 g/mol. The van der Waals surface area contributed by atoms with Crippen LogP contribution in [0.4, 0.5) is 23.4 Å². The van der Waals surface area contributed by atoms with Crippen molar-refractivity contribution < 1.29 is 8.42 Å². The van der Waals surface area contributed by atoms with E-state index in [0.717, 1.165) is 11.1 Å². The Hall–Kier alpha value is -3.02. The van der Waals surface area contributed by atoms with Crippen LogP contribution in [0.15, 0.2) is 42.9 Å². The molecule has 174 valence electrons. The van der Waals surface area contributed by atoms with Crippen molar-refractivity contribution in [2.24, 2.45) is 0 Å². The summed E-state index contributed by atoms with van der Waals surface area (Å²) >= 11 is 6.09. The maximum Gasteiger partial charge on any atom is 0.223 e. The lowest BCUT2D eigenvalue weighted by Crippen LogP contribution is -2.49. The summed E-state index contributed by atoms with van der Waals surface area (Å²) in [6.07, 6.45) is 5.99. The first-order valence-corrected chi connectivity index (χ1v) is 12.6. The number of benzene rings is 1. The summed E-state index contributed by atoms with van der Waals surface area (Å²) in [4.78, 5) is 19.5. The van der Waals surface area contributed by atoms with E-state index in [-0.39, 0.29) is 11.9 Å². The second kappa shape index (κ2) is 9.46. The lowest BCUT2D eigenvalue weighted by atomic mass is 9.93. The molecule has 4 rings (SSSR count). The fourth-order valence-electron chi connectivity index (χ4n) is 3.84. The summed E-state index contributed by atoms with van der Waals surface area (Å²) in [7, 11) is -3.25. The van der Waals surface area contributed by atoms with Crippen LogP contribution in [0.1, 0.15) is 24.0 Å². The highest BCUT2D eigenvalue weighted by atomic mass is 35.5. The van der Waals surface area contributed by atoms with Gasteiger partial charge in [0.15, 0.2) is 0 Å².